The Morgan fingerprint density at radius 3 is 2.52 bits per heavy atom. The van der Waals surface area contributed by atoms with Crippen LogP contribution in [0.15, 0.2) is 59.0 Å². The molecule has 0 aliphatic heterocycles. The van der Waals surface area contributed by atoms with E-state index in [9.17, 15) is 0 Å². The number of nitrogens with zero attached hydrogens (tertiary/aromatic N) is 4. The predicted molar refractivity (Wildman–Crippen MR) is 94.9 cm³/mol. The normalized spacial score (nSPS) is 12.6. The molecule has 25 heavy (non-hydrogen) atoms. The molecule has 2 aromatic carbocycles. The number of aromatic nitrogens is 4. The summed E-state index contributed by atoms with van der Waals surface area (Å²) in [4.78, 5) is 4.84. The van der Waals surface area contributed by atoms with Gasteiger partial charge in [0.05, 0.1) is 23.6 Å². The highest BCUT2D eigenvalue weighted by atomic mass is 16.4. The van der Waals surface area contributed by atoms with Crippen LogP contribution in [-0.4, -0.2) is 19.7 Å². The van der Waals surface area contributed by atoms with Crippen molar-refractivity contribution < 1.29 is 4.42 Å². The van der Waals surface area contributed by atoms with E-state index in [2.05, 4.69) is 38.3 Å². The summed E-state index contributed by atoms with van der Waals surface area (Å²) in [5.41, 5.74) is 3.22. The van der Waals surface area contributed by atoms with Gasteiger partial charge in [-0.3, -0.25) is 5.32 Å². The fraction of sp³-hybridized carbons (Fsp3) is 0.211. The van der Waals surface area contributed by atoms with Gasteiger partial charge in [-0.05, 0) is 17.7 Å². The van der Waals surface area contributed by atoms with Crippen molar-refractivity contribution >= 4 is 11.0 Å². The molecule has 1 N–H and O–H groups in total. The van der Waals surface area contributed by atoms with Gasteiger partial charge >= 0.3 is 0 Å². The van der Waals surface area contributed by atoms with Gasteiger partial charge in [-0.1, -0.05) is 42.5 Å². The second-order valence-electron chi connectivity index (χ2n) is 5.96. The first-order valence-electron chi connectivity index (χ1n) is 8.21. The van der Waals surface area contributed by atoms with Gasteiger partial charge in [0.15, 0.2) is 0 Å². The average Bonchev–Trinajstić information content (AvgIpc) is 3.20. The molecule has 0 spiro atoms. The molecule has 0 saturated heterocycles. The predicted octanol–water partition coefficient (Wildman–Crippen LogP) is 3.14. The Kier molecular flexibility index (Phi) is 4.03. The maximum Gasteiger partial charge on any atom is 0.230 e. The van der Waals surface area contributed by atoms with Crippen molar-refractivity contribution in [3.8, 4) is 0 Å². The van der Waals surface area contributed by atoms with Crippen LogP contribution >= 0.6 is 0 Å². The molecule has 0 aliphatic carbocycles. The van der Waals surface area contributed by atoms with Gasteiger partial charge in [0.2, 0.25) is 11.8 Å². The fourth-order valence-electron chi connectivity index (χ4n) is 3.02. The summed E-state index contributed by atoms with van der Waals surface area (Å²) in [5.74, 6) is 2.08. The van der Waals surface area contributed by atoms with Crippen LogP contribution in [-0.2, 0) is 13.6 Å². The Bertz CT molecular complexity index is 989. The molecule has 0 fully saturated rings. The smallest absolute Gasteiger partial charge is 0.230 e. The lowest BCUT2D eigenvalue weighted by Gasteiger charge is -2.18. The highest BCUT2D eigenvalue weighted by Gasteiger charge is 2.21. The lowest BCUT2D eigenvalue weighted by atomic mass is 10.1. The number of nitrogens with one attached hydrogen (secondary N) is 1. The van der Waals surface area contributed by atoms with E-state index >= 15 is 0 Å². The zero-order chi connectivity index (χ0) is 17.2. The van der Waals surface area contributed by atoms with Crippen molar-refractivity contribution in [2.75, 3.05) is 0 Å². The maximum atomic E-state index is 5.48. The number of hydrogen-bond acceptors (Lipinski definition) is 5. The second-order valence-corrected chi connectivity index (χ2v) is 5.96. The Morgan fingerprint density at radius 1 is 1.04 bits per heavy atom. The highest BCUT2D eigenvalue weighted by molar-refractivity contribution is 5.76. The summed E-state index contributed by atoms with van der Waals surface area (Å²) in [5, 5.41) is 11.5. The topological polar surface area (TPSA) is 68.8 Å². The third-order valence-corrected chi connectivity index (χ3v) is 4.24. The standard InChI is InChI=1S/C19H19N5O/c1-13-22-23-17(25-13)12-20-18(14-8-4-3-5-9-14)19-21-15-10-6-7-11-16(15)24(19)2/h3-11,18,20H,12H2,1-2H3/t18-/m1/s1. The van der Waals surface area contributed by atoms with Gasteiger partial charge in [-0.25, -0.2) is 4.98 Å². The molecule has 6 nitrogen and oxygen atoms in total. The van der Waals surface area contributed by atoms with Gasteiger partial charge in [0.1, 0.15) is 5.82 Å². The van der Waals surface area contributed by atoms with E-state index in [4.69, 9.17) is 9.40 Å². The molecule has 6 heteroatoms. The summed E-state index contributed by atoms with van der Waals surface area (Å²) < 4.78 is 7.61. The van der Waals surface area contributed by atoms with E-state index < -0.39 is 0 Å². The zero-order valence-corrected chi connectivity index (χ0v) is 14.2. The van der Waals surface area contributed by atoms with Crippen LogP contribution in [0.1, 0.15) is 29.2 Å². The molecule has 0 radical (unpaired) electrons. The van der Waals surface area contributed by atoms with E-state index in [1.165, 1.54) is 0 Å². The van der Waals surface area contributed by atoms with E-state index in [0.717, 1.165) is 22.4 Å². The SMILES string of the molecule is Cc1nnc(CN[C@H](c2ccccc2)c2nc3ccccc3n2C)o1. The van der Waals surface area contributed by atoms with Gasteiger partial charge in [0, 0.05) is 14.0 Å². The van der Waals surface area contributed by atoms with E-state index in [1.807, 2.05) is 43.4 Å². The second kappa shape index (κ2) is 6.49. The number of rotatable bonds is 5. The molecule has 2 heterocycles. The summed E-state index contributed by atoms with van der Waals surface area (Å²) in [6.45, 7) is 2.26. The summed E-state index contributed by atoms with van der Waals surface area (Å²) in [7, 11) is 2.04. The Labute approximate surface area is 145 Å². The van der Waals surface area contributed by atoms with Gasteiger partial charge < -0.3 is 8.98 Å². The number of hydrogen-bond donors (Lipinski definition) is 1. The molecule has 2 aromatic heterocycles. The third-order valence-electron chi connectivity index (χ3n) is 4.24. The van der Waals surface area contributed by atoms with Crippen molar-refractivity contribution in [2.24, 2.45) is 7.05 Å². The average molecular weight is 333 g/mol. The van der Waals surface area contributed by atoms with Crippen LogP contribution in [0, 0.1) is 6.92 Å². The minimum atomic E-state index is -0.0780. The van der Waals surface area contributed by atoms with Crippen LogP contribution in [0.4, 0.5) is 0 Å². The Balaban J connectivity index is 1.72. The molecular formula is C19H19N5O. The molecule has 4 aromatic rings. The molecule has 0 aliphatic rings. The molecule has 1 atom stereocenters. The quantitative estimate of drug-likeness (QED) is 0.608. The number of fused-ring (bicyclic) bond motifs is 1. The van der Waals surface area contributed by atoms with Crippen molar-refractivity contribution in [1.29, 1.82) is 0 Å². The molecule has 0 saturated carbocycles. The van der Waals surface area contributed by atoms with Crippen LogP contribution in [0.3, 0.4) is 0 Å². The monoisotopic (exact) mass is 333 g/mol. The lowest BCUT2D eigenvalue weighted by Crippen LogP contribution is -2.25. The zero-order valence-electron chi connectivity index (χ0n) is 14.2. The highest BCUT2D eigenvalue weighted by Crippen LogP contribution is 2.25. The molecule has 0 amide bonds. The van der Waals surface area contributed by atoms with Gasteiger partial charge in [-0.15, -0.1) is 10.2 Å². The fourth-order valence-corrected chi connectivity index (χ4v) is 3.02. The van der Waals surface area contributed by atoms with Crippen molar-refractivity contribution in [1.82, 2.24) is 25.1 Å². The van der Waals surface area contributed by atoms with Crippen LogP contribution in [0.2, 0.25) is 0 Å². The first-order chi connectivity index (χ1) is 12.2. The third kappa shape index (κ3) is 3.04. The van der Waals surface area contributed by atoms with E-state index in [-0.39, 0.29) is 6.04 Å². The summed E-state index contributed by atoms with van der Waals surface area (Å²) in [6.07, 6.45) is 0. The number of benzene rings is 2. The van der Waals surface area contributed by atoms with Crippen molar-refractivity contribution in [3.63, 3.8) is 0 Å². The van der Waals surface area contributed by atoms with Crippen LogP contribution < -0.4 is 5.32 Å². The van der Waals surface area contributed by atoms with Crippen molar-refractivity contribution in [3.05, 3.63) is 77.8 Å². The minimum absolute atomic E-state index is 0.0780. The van der Waals surface area contributed by atoms with Gasteiger partial charge in [-0.2, -0.15) is 0 Å². The molecular weight excluding hydrogens is 314 g/mol. The Morgan fingerprint density at radius 2 is 1.80 bits per heavy atom. The molecule has 0 unspecified atom stereocenters. The van der Waals surface area contributed by atoms with Crippen LogP contribution in [0.5, 0.6) is 0 Å². The lowest BCUT2D eigenvalue weighted by molar-refractivity contribution is 0.431. The maximum absolute atomic E-state index is 5.48. The minimum Gasteiger partial charge on any atom is -0.424 e. The first-order valence-corrected chi connectivity index (χ1v) is 8.21. The number of imidazole rings is 1. The largest absolute Gasteiger partial charge is 0.424 e. The van der Waals surface area contributed by atoms with E-state index in [1.54, 1.807) is 6.92 Å². The first kappa shape index (κ1) is 15.5. The van der Waals surface area contributed by atoms with Gasteiger partial charge in [0.25, 0.3) is 0 Å². The molecule has 4 rings (SSSR count). The van der Waals surface area contributed by atoms with Crippen LogP contribution in [0.25, 0.3) is 11.0 Å². The summed E-state index contributed by atoms with van der Waals surface area (Å²) in [6, 6.07) is 18.3. The van der Waals surface area contributed by atoms with E-state index in [0.29, 0.717) is 18.3 Å². The number of para-hydroxylation sites is 2. The molecule has 0 bridgehead atoms. The number of aryl methyl sites for hydroxylation is 2. The Hall–Kier alpha value is -2.99. The molecule has 126 valence electrons. The van der Waals surface area contributed by atoms with Crippen molar-refractivity contribution in [2.45, 2.75) is 19.5 Å². The summed E-state index contributed by atoms with van der Waals surface area (Å²) >= 11 is 0.